The van der Waals surface area contributed by atoms with E-state index in [1.807, 2.05) is 0 Å². The normalized spacial score (nSPS) is 19.6. The molecule has 2 heterocycles. The van der Waals surface area contributed by atoms with E-state index in [9.17, 15) is 9.59 Å². The summed E-state index contributed by atoms with van der Waals surface area (Å²) in [5.74, 6) is 0.330. The number of ether oxygens (including phenoxy) is 2. The first-order valence-corrected chi connectivity index (χ1v) is 6.73. The SMILES string of the molecule is [N-]=[N+]=NCCC1CN(c2ccc3c(c2)NC(=O)CO3)C(=O)O1. The average Bonchev–Trinajstić information content (AvgIpc) is 2.87. The number of nitrogens with one attached hydrogen (secondary N) is 1. The van der Waals surface area contributed by atoms with Crippen molar-refractivity contribution in [1.29, 1.82) is 0 Å². The number of azide groups is 1. The Hall–Kier alpha value is -2.93. The van der Waals surface area contributed by atoms with Crippen LogP contribution in [0, 0.1) is 0 Å². The molecule has 1 aromatic rings. The van der Waals surface area contributed by atoms with Crippen LogP contribution in [0.5, 0.6) is 5.75 Å². The highest BCUT2D eigenvalue weighted by Gasteiger charge is 2.32. The second-order valence-corrected chi connectivity index (χ2v) is 4.88. The smallest absolute Gasteiger partial charge is 0.414 e. The molecule has 1 N–H and O–H groups in total. The third kappa shape index (κ3) is 2.75. The van der Waals surface area contributed by atoms with E-state index in [-0.39, 0.29) is 25.2 Å². The molecule has 1 atom stereocenters. The summed E-state index contributed by atoms with van der Waals surface area (Å²) in [5.41, 5.74) is 9.39. The van der Waals surface area contributed by atoms with Gasteiger partial charge in [-0.2, -0.15) is 0 Å². The Labute approximate surface area is 125 Å². The maximum atomic E-state index is 11.9. The van der Waals surface area contributed by atoms with E-state index in [0.29, 0.717) is 30.1 Å². The number of nitrogens with zero attached hydrogens (tertiary/aromatic N) is 4. The van der Waals surface area contributed by atoms with Gasteiger partial charge in [-0.1, -0.05) is 5.11 Å². The van der Waals surface area contributed by atoms with Crippen molar-refractivity contribution in [2.24, 2.45) is 5.11 Å². The number of hydrogen-bond acceptors (Lipinski definition) is 5. The topological polar surface area (TPSA) is 117 Å². The lowest BCUT2D eigenvalue weighted by molar-refractivity contribution is -0.118. The molecule has 1 saturated heterocycles. The predicted octanol–water partition coefficient (Wildman–Crippen LogP) is 2.04. The highest BCUT2D eigenvalue weighted by molar-refractivity contribution is 5.97. The summed E-state index contributed by atoms with van der Waals surface area (Å²) >= 11 is 0. The minimum absolute atomic E-state index is 0.0143. The summed E-state index contributed by atoms with van der Waals surface area (Å²) in [4.78, 5) is 27.4. The van der Waals surface area contributed by atoms with Crippen LogP contribution in [-0.4, -0.2) is 37.8 Å². The van der Waals surface area contributed by atoms with Crippen molar-refractivity contribution >= 4 is 23.4 Å². The molecule has 9 heteroatoms. The quantitative estimate of drug-likeness (QED) is 0.520. The summed E-state index contributed by atoms with van der Waals surface area (Å²) in [6, 6.07) is 5.10. The molecule has 2 aliphatic heterocycles. The molecule has 1 fully saturated rings. The van der Waals surface area contributed by atoms with E-state index in [1.165, 1.54) is 4.90 Å². The second-order valence-electron chi connectivity index (χ2n) is 4.88. The van der Waals surface area contributed by atoms with Gasteiger partial charge < -0.3 is 14.8 Å². The molecule has 2 amide bonds. The Bertz CT molecular complexity index is 670. The van der Waals surface area contributed by atoms with Gasteiger partial charge in [0.1, 0.15) is 11.9 Å². The number of fused-ring (bicyclic) bond motifs is 1. The number of cyclic esters (lactones) is 1. The molecule has 1 unspecified atom stereocenters. The molecule has 0 aliphatic carbocycles. The van der Waals surface area contributed by atoms with Gasteiger partial charge in [0, 0.05) is 17.1 Å². The highest BCUT2D eigenvalue weighted by atomic mass is 16.6. The van der Waals surface area contributed by atoms with Gasteiger partial charge in [0.2, 0.25) is 0 Å². The number of carbonyl (C=O) groups is 2. The van der Waals surface area contributed by atoms with Crippen LogP contribution in [0.3, 0.4) is 0 Å². The van der Waals surface area contributed by atoms with Crippen molar-refractivity contribution in [1.82, 2.24) is 0 Å². The minimum Gasteiger partial charge on any atom is -0.482 e. The van der Waals surface area contributed by atoms with Crippen molar-refractivity contribution in [3.63, 3.8) is 0 Å². The lowest BCUT2D eigenvalue weighted by atomic mass is 10.2. The number of rotatable bonds is 4. The Balaban J connectivity index is 1.74. The first-order chi connectivity index (χ1) is 10.7. The molecule has 0 bridgehead atoms. The number of anilines is 2. The fourth-order valence-corrected chi connectivity index (χ4v) is 2.37. The van der Waals surface area contributed by atoms with Gasteiger partial charge >= 0.3 is 6.09 Å². The molecular formula is C13H13N5O4. The third-order valence-electron chi connectivity index (χ3n) is 3.40. The van der Waals surface area contributed by atoms with Gasteiger partial charge in [0.25, 0.3) is 5.91 Å². The van der Waals surface area contributed by atoms with Gasteiger partial charge in [0.15, 0.2) is 6.61 Å². The molecule has 114 valence electrons. The van der Waals surface area contributed by atoms with Crippen LogP contribution in [0.15, 0.2) is 23.3 Å². The minimum atomic E-state index is -0.464. The molecule has 22 heavy (non-hydrogen) atoms. The Morgan fingerprint density at radius 2 is 2.32 bits per heavy atom. The largest absolute Gasteiger partial charge is 0.482 e. The zero-order valence-electron chi connectivity index (χ0n) is 11.6. The molecule has 0 radical (unpaired) electrons. The summed E-state index contributed by atoms with van der Waals surface area (Å²) < 4.78 is 10.5. The van der Waals surface area contributed by atoms with Crippen LogP contribution in [0.1, 0.15) is 6.42 Å². The van der Waals surface area contributed by atoms with Crippen LogP contribution >= 0.6 is 0 Å². The van der Waals surface area contributed by atoms with E-state index in [4.69, 9.17) is 15.0 Å². The summed E-state index contributed by atoms with van der Waals surface area (Å²) in [5, 5.41) is 6.12. The van der Waals surface area contributed by atoms with Crippen molar-refractivity contribution in [3.05, 3.63) is 28.6 Å². The summed E-state index contributed by atoms with van der Waals surface area (Å²) in [7, 11) is 0. The van der Waals surface area contributed by atoms with Crippen LogP contribution in [0.4, 0.5) is 16.2 Å². The summed E-state index contributed by atoms with van der Waals surface area (Å²) in [6.45, 7) is 0.628. The van der Waals surface area contributed by atoms with E-state index in [1.54, 1.807) is 18.2 Å². The molecule has 9 nitrogen and oxygen atoms in total. The maximum Gasteiger partial charge on any atom is 0.414 e. The van der Waals surface area contributed by atoms with Gasteiger partial charge in [-0.3, -0.25) is 9.69 Å². The second kappa shape index (κ2) is 5.82. The number of hydrogen-bond donors (Lipinski definition) is 1. The van der Waals surface area contributed by atoms with E-state index >= 15 is 0 Å². The van der Waals surface area contributed by atoms with Crippen LogP contribution in [0.25, 0.3) is 10.4 Å². The molecule has 2 aliphatic rings. The van der Waals surface area contributed by atoms with Crippen LogP contribution < -0.4 is 15.0 Å². The predicted molar refractivity (Wildman–Crippen MR) is 76.8 cm³/mol. The number of benzene rings is 1. The van der Waals surface area contributed by atoms with Crippen molar-refractivity contribution in [2.75, 3.05) is 29.9 Å². The van der Waals surface area contributed by atoms with E-state index in [2.05, 4.69) is 15.3 Å². The Kier molecular flexibility index (Phi) is 3.71. The Morgan fingerprint density at radius 3 is 3.14 bits per heavy atom. The number of amides is 2. The molecule has 3 rings (SSSR count). The Morgan fingerprint density at radius 1 is 1.45 bits per heavy atom. The first-order valence-electron chi connectivity index (χ1n) is 6.73. The standard InChI is InChI=1S/C13H13N5O4/c14-17-15-4-3-9-6-18(13(20)22-9)8-1-2-11-10(5-8)16-12(19)7-21-11/h1-2,5,9H,3-4,6-7H2,(H,16,19). The molecule has 0 spiro atoms. The van der Waals surface area contributed by atoms with Gasteiger partial charge in [-0.25, -0.2) is 4.79 Å². The molecule has 1 aromatic carbocycles. The van der Waals surface area contributed by atoms with Gasteiger partial charge in [-0.15, -0.1) is 0 Å². The molecular weight excluding hydrogens is 290 g/mol. The fraction of sp³-hybridized carbons (Fsp3) is 0.385. The lowest BCUT2D eigenvalue weighted by Gasteiger charge is -2.20. The van der Waals surface area contributed by atoms with Gasteiger partial charge in [-0.05, 0) is 30.2 Å². The lowest BCUT2D eigenvalue weighted by Crippen LogP contribution is -2.27. The van der Waals surface area contributed by atoms with Crippen molar-refractivity contribution in [2.45, 2.75) is 12.5 Å². The first kappa shape index (κ1) is 14.0. The molecule has 0 aromatic heterocycles. The molecule has 0 saturated carbocycles. The van der Waals surface area contributed by atoms with Crippen molar-refractivity contribution in [3.8, 4) is 5.75 Å². The van der Waals surface area contributed by atoms with E-state index < -0.39 is 6.09 Å². The average molecular weight is 303 g/mol. The summed E-state index contributed by atoms with van der Waals surface area (Å²) in [6.07, 6.45) is -0.314. The maximum absolute atomic E-state index is 11.9. The van der Waals surface area contributed by atoms with Crippen LogP contribution in [0.2, 0.25) is 0 Å². The number of carbonyl (C=O) groups excluding carboxylic acids is 2. The van der Waals surface area contributed by atoms with Gasteiger partial charge in [0.05, 0.1) is 12.2 Å². The van der Waals surface area contributed by atoms with Crippen LogP contribution in [-0.2, 0) is 9.53 Å². The highest BCUT2D eigenvalue weighted by Crippen LogP contribution is 2.33. The monoisotopic (exact) mass is 303 g/mol. The third-order valence-corrected chi connectivity index (χ3v) is 3.40. The zero-order valence-corrected chi connectivity index (χ0v) is 11.6. The van der Waals surface area contributed by atoms with Crippen molar-refractivity contribution < 1.29 is 19.1 Å². The van der Waals surface area contributed by atoms with E-state index in [0.717, 1.165) is 0 Å². The fourth-order valence-electron chi connectivity index (χ4n) is 2.37. The zero-order chi connectivity index (χ0) is 15.5.